The van der Waals surface area contributed by atoms with E-state index in [1.807, 2.05) is 0 Å². The first-order chi connectivity index (χ1) is 3.31. The van der Waals surface area contributed by atoms with Crippen molar-refractivity contribution in [1.29, 1.82) is 0 Å². The fourth-order valence-electron chi connectivity index (χ4n) is 0.166. The Balaban J connectivity index is 2.98. The first-order valence-electron chi connectivity index (χ1n) is 1.83. The number of hydroxylamine groups is 3. The van der Waals surface area contributed by atoms with Crippen LogP contribution in [-0.4, -0.2) is 25.6 Å². The van der Waals surface area contributed by atoms with E-state index in [9.17, 15) is 4.79 Å². The van der Waals surface area contributed by atoms with Crippen molar-refractivity contribution in [2.45, 2.75) is 0 Å². The molecule has 0 spiro atoms. The smallest absolute Gasteiger partial charge is 0.234 e. The van der Waals surface area contributed by atoms with Gasteiger partial charge in [-0.15, -0.1) is 0 Å². The number of nitrogens with zero attached hydrogens (tertiary/aromatic N) is 1. The van der Waals surface area contributed by atoms with Gasteiger partial charge in [-0.05, 0) is 0 Å². The molecule has 1 amide bonds. The van der Waals surface area contributed by atoms with Crippen LogP contribution in [-0.2, 0) is 9.73 Å². The molecule has 1 N–H and O–H groups in total. The fraction of sp³-hybridized carbons (Fsp3) is 0.667. The summed E-state index contributed by atoms with van der Waals surface area (Å²) in [5, 5.41) is 1.01. The molecular formula is C3H8N2O2. The molecule has 0 aliphatic rings. The third kappa shape index (κ3) is 3.21. The topological polar surface area (TPSA) is 41.6 Å². The average molecular weight is 104 g/mol. The number of amides is 1. The third-order valence-corrected chi connectivity index (χ3v) is 0.384. The van der Waals surface area contributed by atoms with Crippen molar-refractivity contribution in [3.8, 4) is 0 Å². The molecule has 0 aromatic carbocycles. The molecule has 0 atom stereocenters. The van der Waals surface area contributed by atoms with Crippen molar-refractivity contribution in [3.63, 3.8) is 0 Å². The fourth-order valence-corrected chi connectivity index (χ4v) is 0.166. The predicted octanol–water partition coefficient (Wildman–Crippen LogP) is -0.859. The van der Waals surface area contributed by atoms with Gasteiger partial charge in [-0.2, -0.15) is 10.4 Å². The molecular weight excluding hydrogens is 96.0 g/mol. The van der Waals surface area contributed by atoms with Crippen LogP contribution in [0.4, 0.5) is 0 Å². The first kappa shape index (κ1) is 6.39. The number of hydrogen-bond donors (Lipinski definition) is 1. The number of hydrogen-bond acceptors (Lipinski definition) is 3. The van der Waals surface area contributed by atoms with Crippen LogP contribution >= 0.6 is 0 Å². The van der Waals surface area contributed by atoms with Crippen molar-refractivity contribution in [1.82, 2.24) is 10.5 Å². The van der Waals surface area contributed by atoms with Gasteiger partial charge in [0, 0.05) is 14.1 Å². The summed E-state index contributed by atoms with van der Waals surface area (Å²) in [6, 6.07) is 0. The average Bonchev–Trinajstić information content (AvgIpc) is 1.68. The summed E-state index contributed by atoms with van der Waals surface area (Å²) in [5.41, 5.74) is 2.31. The second-order valence-electron chi connectivity index (χ2n) is 0.947. The van der Waals surface area contributed by atoms with Gasteiger partial charge in [0.1, 0.15) is 0 Å². The van der Waals surface area contributed by atoms with Crippen LogP contribution < -0.4 is 5.48 Å². The minimum absolute atomic E-state index is 0.552. The molecule has 0 saturated heterocycles. The number of nitrogens with one attached hydrogen (secondary N) is 1. The van der Waals surface area contributed by atoms with Crippen molar-refractivity contribution < 1.29 is 9.73 Å². The lowest BCUT2D eigenvalue weighted by atomic mass is 11.2. The molecule has 0 saturated carbocycles. The Bertz CT molecular complexity index is 56.9. The number of carbonyl (C=O) groups excluding carboxylic acids is 1. The third-order valence-electron chi connectivity index (χ3n) is 0.384. The van der Waals surface area contributed by atoms with Crippen LogP contribution in [0.2, 0.25) is 0 Å². The largest absolute Gasteiger partial charge is 0.276 e. The Morgan fingerprint density at radius 3 is 2.57 bits per heavy atom. The first-order valence-corrected chi connectivity index (χ1v) is 1.83. The van der Waals surface area contributed by atoms with Crippen LogP contribution in [0.3, 0.4) is 0 Å². The summed E-state index contributed by atoms with van der Waals surface area (Å²) in [7, 11) is 3.06. The van der Waals surface area contributed by atoms with Crippen LogP contribution in [0.15, 0.2) is 0 Å². The normalized spacial score (nSPS) is 8.29. The van der Waals surface area contributed by atoms with Gasteiger partial charge in [0.15, 0.2) is 0 Å². The Morgan fingerprint density at radius 2 is 2.43 bits per heavy atom. The molecule has 0 unspecified atom stereocenters. The molecule has 0 radical (unpaired) electrons. The molecule has 0 aromatic rings. The zero-order chi connectivity index (χ0) is 5.70. The summed E-state index contributed by atoms with van der Waals surface area (Å²) in [5.74, 6) is 0. The summed E-state index contributed by atoms with van der Waals surface area (Å²) in [6.07, 6.45) is 0.552. The van der Waals surface area contributed by atoms with Crippen molar-refractivity contribution in [2.75, 3.05) is 14.1 Å². The molecule has 42 valence electrons. The van der Waals surface area contributed by atoms with Crippen LogP contribution in [0, 0.1) is 0 Å². The van der Waals surface area contributed by atoms with Gasteiger partial charge in [-0.3, -0.25) is 4.79 Å². The zero-order valence-electron chi connectivity index (χ0n) is 4.34. The van der Waals surface area contributed by atoms with Gasteiger partial charge >= 0.3 is 0 Å². The van der Waals surface area contributed by atoms with E-state index in [1.165, 1.54) is 7.05 Å². The van der Waals surface area contributed by atoms with Crippen LogP contribution in [0.25, 0.3) is 0 Å². The monoisotopic (exact) mass is 104 g/mol. The number of carbonyl (C=O) groups is 1. The van der Waals surface area contributed by atoms with Gasteiger partial charge in [-0.1, -0.05) is 0 Å². The van der Waals surface area contributed by atoms with Gasteiger partial charge in [0.05, 0.1) is 0 Å². The number of rotatable bonds is 3. The highest BCUT2D eigenvalue weighted by atomic mass is 16.8. The molecule has 0 heterocycles. The highest BCUT2D eigenvalue weighted by molar-refractivity contribution is 5.44. The Hall–Kier alpha value is -0.610. The maximum absolute atomic E-state index is 9.66. The van der Waals surface area contributed by atoms with Crippen LogP contribution in [0.1, 0.15) is 0 Å². The van der Waals surface area contributed by atoms with Crippen molar-refractivity contribution in [3.05, 3.63) is 0 Å². The molecule has 7 heavy (non-hydrogen) atoms. The van der Waals surface area contributed by atoms with Gasteiger partial charge < -0.3 is 0 Å². The quantitative estimate of drug-likeness (QED) is 0.374. The Kier molecular flexibility index (Phi) is 3.26. The van der Waals surface area contributed by atoms with Gasteiger partial charge in [-0.25, -0.2) is 5.06 Å². The minimum atomic E-state index is 0.552. The minimum Gasteiger partial charge on any atom is -0.276 e. The predicted molar refractivity (Wildman–Crippen MR) is 24.0 cm³/mol. The Morgan fingerprint density at radius 1 is 1.86 bits per heavy atom. The van der Waals surface area contributed by atoms with E-state index in [0.717, 1.165) is 5.06 Å². The second-order valence-corrected chi connectivity index (χ2v) is 0.947. The molecule has 0 aliphatic heterocycles. The Labute approximate surface area is 42.0 Å². The SMILES string of the molecule is CNON(C)C=O. The van der Waals surface area contributed by atoms with E-state index in [-0.39, 0.29) is 0 Å². The molecule has 0 aromatic heterocycles. The van der Waals surface area contributed by atoms with E-state index in [4.69, 9.17) is 0 Å². The maximum Gasteiger partial charge on any atom is 0.234 e. The van der Waals surface area contributed by atoms with E-state index >= 15 is 0 Å². The van der Waals surface area contributed by atoms with E-state index in [2.05, 4.69) is 10.4 Å². The van der Waals surface area contributed by atoms with Crippen molar-refractivity contribution >= 4 is 6.41 Å². The molecule has 0 bridgehead atoms. The van der Waals surface area contributed by atoms with E-state index < -0.39 is 0 Å². The molecule has 4 nitrogen and oxygen atoms in total. The molecule has 0 aliphatic carbocycles. The second kappa shape index (κ2) is 3.58. The van der Waals surface area contributed by atoms with Crippen LogP contribution in [0.5, 0.6) is 0 Å². The summed E-state index contributed by atoms with van der Waals surface area (Å²) < 4.78 is 0. The summed E-state index contributed by atoms with van der Waals surface area (Å²) in [4.78, 5) is 14.1. The zero-order valence-corrected chi connectivity index (χ0v) is 4.34. The molecule has 0 fully saturated rings. The summed E-state index contributed by atoms with van der Waals surface area (Å²) >= 11 is 0. The van der Waals surface area contributed by atoms with Gasteiger partial charge in [0.25, 0.3) is 0 Å². The molecule has 4 heteroatoms. The lowest BCUT2D eigenvalue weighted by molar-refractivity contribution is -0.186. The standard InChI is InChI=1S/C3H8N2O2/c1-4-7-5(2)3-6/h3-4H,1-2H3. The lowest BCUT2D eigenvalue weighted by Gasteiger charge is -2.05. The van der Waals surface area contributed by atoms with E-state index in [0.29, 0.717) is 6.41 Å². The maximum atomic E-state index is 9.66. The van der Waals surface area contributed by atoms with Crippen molar-refractivity contribution in [2.24, 2.45) is 0 Å². The highest BCUT2D eigenvalue weighted by Crippen LogP contribution is 1.66. The molecule has 0 rings (SSSR count). The van der Waals surface area contributed by atoms with E-state index in [1.54, 1.807) is 7.05 Å². The summed E-state index contributed by atoms with van der Waals surface area (Å²) in [6.45, 7) is 0. The van der Waals surface area contributed by atoms with Gasteiger partial charge in [0.2, 0.25) is 6.41 Å². The lowest BCUT2D eigenvalue weighted by Crippen LogP contribution is -2.23. The highest BCUT2D eigenvalue weighted by Gasteiger charge is 1.84.